The minimum atomic E-state index is -0.0918. The van der Waals surface area contributed by atoms with Gasteiger partial charge in [-0.15, -0.1) is 0 Å². The van der Waals surface area contributed by atoms with Crippen LogP contribution in [0.1, 0.15) is 18.4 Å². The lowest BCUT2D eigenvalue weighted by molar-refractivity contribution is -0.116. The molecule has 27 heavy (non-hydrogen) atoms. The minimum Gasteiger partial charge on any atom is -0.376 e. The maximum absolute atomic E-state index is 6.36. The molecule has 1 spiro atoms. The van der Waals surface area contributed by atoms with E-state index in [1.165, 1.54) is 5.56 Å². The number of piperidine rings is 1. The summed E-state index contributed by atoms with van der Waals surface area (Å²) in [6, 6.07) is 8.48. The molecule has 2 aromatic heterocycles. The van der Waals surface area contributed by atoms with Gasteiger partial charge in [0.05, 0.1) is 24.1 Å². The Kier molecular flexibility index (Phi) is 5.27. The van der Waals surface area contributed by atoms with Crippen molar-refractivity contribution >= 4 is 11.5 Å². The molecule has 0 amide bonds. The van der Waals surface area contributed by atoms with Gasteiger partial charge in [-0.1, -0.05) is 0 Å². The van der Waals surface area contributed by atoms with Crippen LogP contribution in [0.25, 0.3) is 0 Å². The predicted molar refractivity (Wildman–Crippen MR) is 108 cm³/mol. The third-order valence-corrected chi connectivity index (χ3v) is 5.60. The molecule has 1 atom stereocenters. The molecule has 2 aliphatic heterocycles. The number of hydrogen-bond donors (Lipinski definition) is 0. The van der Waals surface area contributed by atoms with Gasteiger partial charge in [-0.05, 0) is 42.7 Å². The van der Waals surface area contributed by atoms with E-state index in [-0.39, 0.29) is 5.60 Å². The second-order valence-corrected chi connectivity index (χ2v) is 7.89. The molecule has 2 aromatic rings. The summed E-state index contributed by atoms with van der Waals surface area (Å²) in [5.41, 5.74) is 2.35. The molecule has 1 unspecified atom stereocenters. The lowest BCUT2D eigenvalue weighted by atomic mass is 9.90. The molecule has 2 fully saturated rings. The van der Waals surface area contributed by atoms with E-state index in [4.69, 9.17) is 9.72 Å². The molecule has 2 aliphatic rings. The van der Waals surface area contributed by atoms with Crippen molar-refractivity contribution in [2.75, 3.05) is 56.7 Å². The Morgan fingerprint density at radius 1 is 1.11 bits per heavy atom. The summed E-state index contributed by atoms with van der Waals surface area (Å²) in [5.74, 6) is 1.05. The number of ether oxygens (including phenoxy) is 1. The summed E-state index contributed by atoms with van der Waals surface area (Å²) in [7, 11) is 4.08. The lowest BCUT2D eigenvalue weighted by Crippen LogP contribution is -2.59. The molecule has 4 rings (SSSR count). The summed E-state index contributed by atoms with van der Waals surface area (Å²) >= 11 is 0. The second-order valence-electron chi connectivity index (χ2n) is 7.89. The van der Waals surface area contributed by atoms with Gasteiger partial charge in [-0.2, -0.15) is 0 Å². The zero-order chi connectivity index (χ0) is 18.7. The van der Waals surface area contributed by atoms with Crippen LogP contribution in [0.5, 0.6) is 0 Å². The van der Waals surface area contributed by atoms with Crippen molar-refractivity contribution in [3.63, 3.8) is 0 Å². The van der Waals surface area contributed by atoms with Crippen LogP contribution >= 0.6 is 0 Å². The van der Waals surface area contributed by atoms with Gasteiger partial charge in [0.2, 0.25) is 0 Å². The highest BCUT2D eigenvalue weighted by Crippen LogP contribution is 2.31. The quantitative estimate of drug-likeness (QED) is 0.827. The van der Waals surface area contributed by atoms with Gasteiger partial charge < -0.3 is 14.5 Å². The largest absolute Gasteiger partial charge is 0.376 e. The first-order chi connectivity index (χ1) is 13.1. The number of morpholine rings is 1. The van der Waals surface area contributed by atoms with Crippen LogP contribution in [0.15, 0.2) is 42.9 Å². The molecule has 2 saturated heterocycles. The van der Waals surface area contributed by atoms with E-state index in [2.05, 4.69) is 43.9 Å². The predicted octanol–water partition coefficient (Wildman–Crippen LogP) is 2.41. The maximum Gasteiger partial charge on any atom is 0.128 e. The van der Waals surface area contributed by atoms with E-state index in [1.54, 1.807) is 0 Å². The Labute approximate surface area is 161 Å². The Hall–Kier alpha value is -2.18. The van der Waals surface area contributed by atoms with Crippen molar-refractivity contribution in [2.45, 2.75) is 25.0 Å². The first kappa shape index (κ1) is 18.2. The van der Waals surface area contributed by atoms with Crippen LogP contribution in [0.3, 0.4) is 0 Å². The molecule has 144 valence electrons. The highest BCUT2D eigenvalue weighted by Gasteiger charge is 2.40. The lowest BCUT2D eigenvalue weighted by Gasteiger charge is -2.48. The number of anilines is 2. The Morgan fingerprint density at radius 2 is 1.96 bits per heavy atom. The zero-order valence-electron chi connectivity index (χ0n) is 16.3. The summed E-state index contributed by atoms with van der Waals surface area (Å²) < 4.78 is 6.36. The number of rotatable bonds is 4. The van der Waals surface area contributed by atoms with Gasteiger partial charge in [0.15, 0.2) is 0 Å². The minimum absolute atomic E-state index is 0.0918. The molecule has 0 bridgehead atoms. The molecule has 4 heterocycles. The van der Waals surface area contributed by atoms with Crippen molar-refractivity contribution in [1.82, 2.24) is 14.9 Å². The molecule has 0 N–H and O–H groups in total. The van der Waals surface area contributed by atoms with Gasteiger partial charge in [-0.25, -0.2) is 4.98 Å². The Bertz CT molecular complexity index is 732. The van der Waals surface area contributed by atoms with Crippen molar-refractivity contribution in [1.29, 1.82) is 0 Å². The smallest absolute Gasteiger partial charge is 0.128 e. The summed E-state index contributed by atoms with van der Waals surface area (Å²) in [6.45, 7) is 5.68. The molecule has 0 radical (unpaired) electrons. The molecular formula is C21H29N5O. The average Bonchev–Trinajstić information content (AvgIpc) is 2.69. The van der Waals surface area contributed by atoms with Crippen LogP contribution in [-0.2, 0) is 11.3 Å². The molecule has 0 aromatic carbocycles. The van der Waals surface area contributed by atoms with Crippen molar-refractivity contribution in [3.8, 4) is 0 Å². The van der Waals surface area contributed by atoms with Crippen molar-refractivity contribution in [3.05, 3.63) is 48.4 Å². The van der Waals surface area contributed by atoms with Crippen LogP contribution < -0.4 is 9.80 Å². The molecule has 0 aliphatic carbocycles. The van der Waals surface area contributed by atoms with E-state index >= 15 is 0 Å². The van der Waals surface area contributed by atoms with E-state index in [0.717, 1.165) is 63.7 Å². The highest BCUT2D eigenvalue weighted by atomic mass is 16.5. The van der Waals surface area contributed by atoms with Gasteiger partial charge >= 0.3 is 0 Å². The van der Waals surface area contributed by atoms with Gasteiger partial charge in [-0.3, -0.25) is 9.88 Å². The molecular weight excluding hydrogens is 338 g/mol. The average molecular weight is 367 g/mol. The van der Waals surface area contributed by atoms with Gasteiger partial charge in [0.25, 0.3) is 0 Å². The third-order valence-electron chi connectivity index (χ3n) is 5.60. The Balaban J connectivity index is 1.44. The van der Waals surface area contributed by atoms with Crippen LogP contribution in [0.2, 0.25) is 0 Å². The van der Waals surface area contributed by atoms with E-state index in [1.807, 2.05) is 32.7 Å². The topological polar surface area (TPSA) is 44.7 Å². The highest BCUT2D eigenvalue weighted by molar-refractivity contribution is 5.50. The number of aromatic nitrogens is 2. The van der Waals surface area contributed by atoms with E-state index in [9.17, 15) is 0 Å². The third kappa shape index (κ3) is 4.22. The van der Waals surface area contributed by atoms with Crippen molar-refractivity contribution in [2.24, 2.45) is 0 Å². The molecule has 6 nitrogen and oxygen atoms in total. The first-order valence-corrected chi connectivity index (χ1v) is 9.77. The van der Waals surface area contributed by atoms with Gasteiger partial charge in [0, 0.05) is 59.2 Å². The normalized spacial score (nSPS) is 23.6. The Morgan fingerprint density at radius 3 is 2.70 bits per heavy atom. The van der Waals surface area contributed by atoms with Crippen LogP contribution in [-0.4, -0.2) is 67.4 Å². The second kappa shape index (κ2) is 7.82. The summed E-state index contributed by atoms with van der Waals surface area (Å²) in [4.78, 5) is 15.8. The standard InChI is InChI=1S/C21H29N5O/c1-24(2)19-4-5-20(23-14-19)26-11-3-8-21(17-26)16-25(12-13-27-21)15-18-6-9-22-10-7-18/h4-7,9-10,14H,3,8,11-13,15-17H2,1-2H3. The fraction of sp³-hybridized carbons (Fsp3) is 0.524. The number of hydrogen-bond acceptors (Lipinski definition) is 6. The van der Waals surface area contributed by atoms with E-state index in [0.29, 0.717) is 0 Å². The summed E-state index contributed by atoms with van der Waals surface area (Å²) in [5, 5.41) is 0. The molecule has 6 heteroatoms. The molecule has 0 saturated carbocycles. The maximum atomic E-state index is 6.36. The SMILES string of the molecule is CN(C)c1ccc(N2CCCC3(CN(Cc4ccncc4)CCO3)C2)nc1. The van der Waals surface area contributed by atoms with Crippen LogP contribution in [0.4, 0.5) is 11.5 Å². The van der Waals surface area contributed by atoms with Crippen molar-refractivity contribution < 1.29 is 4.74 Å². The van der Waals surface area contributed by atoms with Gasteiger partial charge in [0.1, 0.15) is 5.82 Å². The van der Waals surface area contributed by atoms with E-state index < -0.39 is 0 Å². The van der Waals surface area contributed by atoms with Crippen LogP contribution in [0, 0.1) is 0 Å². The number of pyridine rings is 2. The fourth-order valence-corrected chi connectivity index (χ4v) is 4.18. The monoisotopic (exact) mass is 367 g/mol. The first-order valence-electron chi connectivity index (χ1n) is 9.77. The number of nitrogens with zero attached hydrogens (tertiary/aromatic N) is 5. The summed E-state index contributed by atoms with van der Waals surface area (Å²) in [6.07, 6.45) is 7.95. The zero-order valence-corrected chi connectivity index (χ0v) is 16.3. The fourth-order valence-electron chi connectivity index (χ4n) is 4.18.